The van der Waals surface area contributed by atoms with Crippen molar-refractivity contribution in [2.24, 2.45) is 0 Å². The second-order valence-corrected chi connectivity index (χ2v) is 8.05. The van der Waals surface area contributed by atoms with Crippen LogP contribution >= 0.6 is 34.1 Å². The molecule has 0 aliphatic heterocycles. The van der Waals surface area contributed by atoms with Gasteiger partial charge in [0.2, 0.25) is 0 Å². The van der Waals surface area contributed by atoms with E-state index in [-0.39, 0.29) is 19.8 Å². The van der Waals surface area contributed by atoms with Crippen molar-refractivity contribution in [1.29, 1.82) is 0 Å². The first-order valence-electron chi connectivity index (χ1n) is 4.87. The van der Waals surface area contributed by atoms with Gasteiger partial charge in [-0.25, -0.2) is 9.36 Å². The zero-order chi connectivity index (χ0) is 12.6. The highest BCUT2D eigenvalue weighted by atomic mass is 79.9. The summed E-state index contributed by atoms with van der Waals surface area (Å²) in [5.41, 5.74) is 0. The second-order valence-electron chi connectivity index (χ2n) is 2.46. The second kappa shape index (κ2) is 8.53. The summed E-state index contributed by atoms with van der Waals surface area (Å²) in [7, 11) is 0. The van der Waals surface area contributed by atoms with Crippen LogP contribution < -0.4 is 0 Å². The van der Waals surface area contributed by atoms with Crippen LogP contribution in [-0.2, 0) is 23.1 Å². The van der Waals surface area contributed by atoms with Crippen molar-refractivity contribution in [3.63, 3.8) is 0 Å². The molecule has 96 valence electrons. The highest BCUT2D eigenvalue weighted by molar-refractivity contribution is 9.12. The third-order valence-corrected chi connectivity index (χ3v) is 6.89. The molecule has 0 heterocycles. The van der Waals surface area contributed by atoms with E-state index in [2.05, 4.69) is 15.9 Å². The van der Waals surface area contributed by atoms with E-state index in [1.165, 1.54) is 0 Å². The van der Waals surface area contributed by atoms with Gasteiger partial charge in [-0.15, -0.1) is 0 Å². The van der Waals surface area contributed by atoms with Gasteiger partial charge in [0.05, 0.1) is 19.8 Å². The van der Waals surface area contributed by atoms with Gasteiger partial charge in [-0.1, -0.05) is 15.9 Å². The molecule has 0 aliphatic carbocycles. The lowest BCUT2D eigenvalue weighted by atomic mass is 10.8. The highest BCUT2D eigenvalue weighted by Gasteiger charge is 2.32. The number of ether oxygens (including phenoxy) is 1. The molecule has 16 heavy (non-hydrogen) atoms. The lowest BCUT2D eigenvalue weighted by Crippen LogP contribution is -2.14. The zero-order valence-electron chi connectivity index (χ0n) is 9.47. The standard InChI is InChI=1S/C8H16BrO5PS/c1-4-12-8(10)7(9)16-15(11,13-5-2)14-6-3/h7H,4-6H2,1-3H3. The molecule has 0 amide bonds. The maximum Gasteiger partial charge on any atom is 0.390 e. The van der Waals surface area contributed by atoms with Crippen LogP contribution in [0.15, 0.2) is 0 Å². The van der Waals surface area contributed by atoms with Crippen LogP contribution in [-0.4, -0.2) is 29.9 Å². The molecule has 1 atom stereocenters. The van der Waals surface area contributed by atoms with Crippen molar-refractivity contribution < 1.29 is 23.1 Å². The molecule has 8 heteroatoms. The molecule has 0 spiro atoms. The number of carbonyl (C=O) groups is 1. The minimum absolute atomic E-state index is 0.257. The van der Waals surface area contributed by atoms with E-state index in [4.69, 9.17) is 13.8 Å². The molecular formula is C8H16BrO5PS. The van der Waals surface area contributed by atoms with Gasteiger partial charge in [-0.2, -0.15) is 0 Å². The molecule has 0 aromatic carbocycles. The molecule has 0 aliphatic rings. The van der Waals surface area contributed by atoms with Crippen LogP contribution in [0.3, 0.4) is 0 Å². The minimum atomic E-state index is -3.28. The van der Waals surface area contributed by atoms with Crippen LogP contribution in [0.1, 0.15) is 20.8 Å². The van der Waals surface area contributed by atoms with Crippen LogP contribution in [0.5, 0.6) is 0 Å². The summed E-state index contributed by atoms with van der Waals surface area (Å²) in [5.74, 6) is -0.493. The molecule has 0 bridgehead atoms. The molecular weight excluding hydrogens is 319 g/mol. The third-order valence-electron chi connectivity index (χ3n) is 1.27. The predicted octanol–water partition coefficient (Wildman–Crippen LogP) is 3.18. The van der Waals surface area contributed by atoms with E-state index in [1.807, 2.05) is 0 Å². The summed E-state index contributed by atoms with van der Waals surface area (Å²) in [5, 5.41) is 0. The fourth-order valence-electron chi connectivity index (χ4n) is 0.779. The van der Waals surface area contributed by atoms with E-state index in [9.17, 15) is 9.36 Å². The van der Waals surface area contributed by atoms with Gasteiger partial charge in [0.25, 0.3) is 0 Å². The first kappa shape index (κ1) is 16.4. The van der Waals surface area contributed by atoms with Gasteiger partial charge >= 0.3 is 12.8 Å². The van der Waals surface area contributed by atoms with Crippen molar-refractivity contribution in [2.45, 2.75) is 24.9 Å². The number of alkyl halides is 1. The topological polar surface area (TPSA) is 61.8 Å². The number of hydrogen-bond acceptors (Lipinski definition) is 6. The number of halogens is 1. The molecule has 1 unspecified atom stereocenters. The van der Waals surface area contributed by atoms with Gasteiger partial charge in [-0.3, -0.25) is 0 Å². The Morgan fingerprint density at radius 1 is 1.25 bits per heavy atom. The van der Waals surface area contributed by atoms with Gasteiger partial charge < -0.3 is 13.8 Å². The van der Waals surface area contributed by atoms with E-state index < -0.39 is 16.9 Å². The van der Waals surface area contributed by atoms with Crippen LogP contribution in [0.4, 0.5) is 0 Å². The Balaban J connectivity index is 4.38. The third kappa shape index (κ3) is 6.25. The SMILES string of the molecule is CCOC(=O)C(Br)SP(=O)(OCC)OCC. The fraction of sp³-hybridized carbons (Fsp3) is 0.875. The summed E-state index contributed by atoms with van der Waals surface area (Å²) in [6.07, 6.45) is 0. The number of rotatable bonds is 8. The Labute approximate surface area is 108 Å². The van der Waals surface area contributed by atoms with Crippen molar-refractivity contribution in [3.05, 3.63) is 0 Å². The van der Waals surface area contributed by atoms with Gasteiger partial charge in [0.1, 0.15) is 0 Å². The molecule has 5 nitrogen and oxygen atoms in total. The molecule has 0 saturated carbocycles. The van der Waals surface area contributed by atoms with E-state index in [0.717, 1.165) is 11.4 Å². The van der Waals surface area contributed by atoms with E-state index in [1.54, 1.807) is 20.8 Å². The van der Waals surface area contributed by atoms with Gasteiger partial charge in [0, 0.05) is 0 Å². The Bertz CT molecular complexity index is 253. The largest absolute Gasteiger partial charge is 0.465 e. The summed E-state index contributed by atoms with van der Waals surface area (Å²) in [6, 6.07) is 0. The Kier molecular flexibility index (Phi) is 8.77. The fourth-order valence-corrected chi connectivity index (χ4v) is 5.90. The first-order chi connectivity index (χ1) is 7.49. The van der Waals surface area contributed by atoms with E-state index >= 15 is 0 Å². The Hall–Kier alpha value is 0.450. The Morgan fingerprint density at radius 3 is 2.12 bits per heavy atom. The molecule has 0 N–H and O–H groups in total. The molecule has 0 aromatic heterocycles. The maximum absolute atomic E-state index is 12.0. The minimum Gasteiger partial charge on any atom is -0.465 e. The normalized spacial score (nSPS) is 13.5. The van der Waals surface area contributed by atoms with Crippen LogP contribution in [0, 0.1) is 0 Å². The molecule has 0 fully saturated rings. The maximum atomic E-state index is 12.0. The van der Waals surface area contributed by atoms with Crippen LogP contribution in [0.25, 0.3) is 0 Å². The summed E-state index contributed by atoms with van der Waals surface area (Å²) in [6.45, 7) is 2.62. The van der Waals surface area contributed by atoms with E-state index in [0.29, 0.717) is 0 Å². The quantitative estimate of drug-likeness (QED) is 0.386. The average Bonchev–Trinajstić information content (AvgIpc) is 2.18. The zero-order valence-corrected chi connectivity index (χ0v) is 12.8. The summed E-state index contributed by atoms with van der Waals surface area (Å²) >= 11 is 3.87. The summed E-state index contributed by atoms with van der Waals surface area (Å²) in [4.78, 5) is 11.3. The molecule has 0 aromatic rings. The summed E-state index contributed by atoms with van der Waals surface area (Å²) < 4.78 is 26.1. The predicted molar refractivity (Wildman–Crippen MR) is 67.8 cm³/mol. The highest BCUT2D eigenvalue weighted by Crippen LogP contribution is 2.63. The lowest BCUT2D eigenvalue weighted by molar-refractivity contribution is -0.140. The van der Waals surface area contributed by atoms with Crippen LogP contribution in [0.2, 0.25) is 0 Å². The van der Waals surface area contributed by atoms with Crippen molar-refractivity contribution in [1.82, 2.24) is 0 Å². The van der Waals surface area contributed by atoms with Crippen molar-refractivity contribution in [3.8, 4) is 0 Å². The number of hydrogen-bond donors (Lipinski definition) is 0. The molecule has 0 radical (unpaired) electrons. The smallest absolute Gasteiger partial charge is 0.390 e. The number of esters is 1. The number of carbonyl (C=O) groups excluding carboxylic acids is 1. The monoisotopic (exact) mass is 334 g/mol. The molecule has 0 rings (SSSR count). The van der Waals surface area contributed by atoms with Gasteiger partial charge in [0.15, 0.2) is 4.16 Å². The lowest BCUT2D eigenvalue weighted by Gasteiger charge is -2.17. The molecule has 0 saturated heterocycles. The first-order valence-corrected chi connectivity index (χ1v) is 8.81. The van der Waals surface area contributed by atoms with Crippen molar-refractivity contribution in [2.75, 3.05) is 19.8 Å². The van der Waals surface area contributed by atoms with Crippen molar-refractivity contribution >= 4 is 40.1 Å². The Morgan fingerprint density at radius 2 is 1.75 bits per heavy atom. The van der Waals surface area contributed by atoms with Gasteiger partial charge in [-0.05, 0) is 32.2 Å². The average molecular weight is 335 g/mol.